The Hall–Kier alpha value is -1.59. The fourth-order valence-electron chi connectivity index (χ4n) is 1.70. The van der Waals surface area contributed by atoms with Gasteiger partial charge in [-0.25, -0.2) is 0 Å². The molecule has 0 bridgehead atoms. The van der Waals surface area contributed by atoms with Gasteiger partial charge in [-0.1, -0.05) is 0 Å². The van der Waals surface area contributed by atoms with Gasteiger partial charge in [-0.05, 0) is 20.3 Å². The van der Waals surface area contributed by atoms with Gasteiger partial charge in [0.2, 0.25) is 11.8 Å². The summed E-state index contributed by atoms with van der Waals surface area (Å²) in [7, 11) is 1.58. The summed E-state index contributed by atoms with van der Waals surface area (Å²) in [6.07, 6.45) is 1.09. The van der Waals surface area contributed by atoms with E-state index in [-0.39, 0.29) is 31.2 Å². The molecule has 0 atom stereocenters. The molecule has 0 saturated carbocycles. The average molecular weight is 272 g/mol. The largest absolute Gasteiger partial charge is 0.481 e. The van der Waals surface area contributed by atoms with Crippen molar-refractivity contribution in [3.8, 4) is 0 Å². The van der Waals surface area contributed by atoms with E-state index in [2.05, 4.69) is 0 Å². The highest BCUT2D eigenvalue weighted by atomic mass is 16.4. The molecule has 0 aliphatic heterocycles. The topological polar surface area (TPSA) is 77.9 Å². The number of hydrogen-bond acceptors (Lipinski definition) is 3. The summed E-state index contributed by atoms with van der Waals surface area (Å²) >= 11 is 0. The second kappa shape index (κ2) is 9.35. The summed E-state index contributed by atoms with van der Waals surface area (Å²) in [6.45, 7) is 5.42. The van der Waals surface area contributed by atoms with Gasteiger partial charge >= 0.3 is 5.97 Å². The van der Waals surface area contributed by atoms with Crippen LogP contribution in [-0.2, 0) is 14.4 Å². The number of aliphatic carboxylic acids is 1. The predicted molar refractivity (Wildman–Crippen MR) is 71.7 cm³/mol. The monoisotopic (exact) mass is 272 g/mol. The van der Waals surface area contributed by atoms with E-state index in [1.54, 1.807) is 11.9 Å². The van der Waals surface area contributed by atoms with Crippen LogP contribution in [0, 0.1) is 0 Å². The minimum Gasteiger partial charge on any atom is -0.481 e. The maximum atomic E-state index is 11.7. The Balaban J connectivity index is 3.90. The van der Waals surface area contributed by atoms with E-state index in [4.69, 9.17) is 5.11 Å². The third kappa shape index (κ3) is 7.43. The molecule has 6 nitrogen and oxygen atoms in total. The van der Waals surface area contributed by atoms with Gasteiger partial charge < -0.3 is 14.9 Å². The molecule has 0 unspecified atom stereocenters. The molecule has 0 aromatic rings. The summed E-state index contributed by atoms with van der Waals surface area (Å²) in [5.41, 5.74) is 0. The standard InChI is InChI=1S/C13H24N2O4/c1-4-15(5-2)12(17)8-6-7-11(16)14(3)10-9-13(18)19/h4-10H2,1-3H3,(H,18,19). The van der Waals surface area contributed by atoms with Crippen LogP contribution in [0.4, 0.5) is 0 Å². The summed E-state index contributed by atoms with van der Waals surface area (Å²) in [5, 5.41) is 8.52. The van der Waals surface area contributed by atoms with Crippen LogP contribution in [0.1, 0.15) is 39.5 Å². The summed E-state index contributed by atoms with van der Waals surface area (Å²) in [5.74, 6) is -0.976. The number of carboxylic acid groups (broad SMARTS) is 1. The highest BCUT2D eigenvalue weighted by Crippen LogP contribution is 2.03. The van der Waals surface area contributed by atoms with Crippen LogP contribution in [-0.4, -0.2) is 59.4 Å². The van der Waals surface area contributed by atoms with Gasteiger partial charge in [0.1, 0.15) is 0 Å². The van der Waals surface area contributed by atoms with Crippen molar-refractivity contribution in [1.29, 1.82) is 0 Å². The Kier molecular flexibility index (Phi) is 8.57. The number of carbonyl (C=O) groups excluding carboxylic acids is 2. The number of hydrogen-bond donors (Lipinski definition) is 1. The van der Waals surface area contributed by atoms with Gasteiger partial charge in [-0.2, -0.15) is 0 Å². The zero-order valence-electron chi connectivity index (χ0n) is 12.0. The predicted octanol–water partition coefficient (Wildman–Crippen LogP) is 0.958. The summed E-state index contributed by atoms with van der Waals surface area (Å²) in [6, 6.07) is 0. The van der Waals surface area contributed by atoms with Crippen molar-refractivity contribution < 1.29 is 19.5 Å². The normalized spacial score (nSPS) is 10.1. The maximum absolute atomic E-state index is 11.7. The molecular weight excluding hydrogens is 248 g/mol. The smallest absolute Gasteiger partial charge is 0.305 e. The first-order valence-corrected chi connectivity index (χ1v) is 6.65. The van der Waals surface area contributed by atoms with Crippen LogP contribution in [0.3, 0.4) is 0 Å². The molecule has 0 saturated heterocycles. The Bertz CT molecular complexity index is 314. The van der Waals surface area contributed by atoms with Crippen LogP contribution >= 0.6 is 0 Å². The van der Waals surface area contributed by atoms with Crippen molar-refractivity contribution in [3.05, 3.63) is 0 Å². The van der Waals surface area contributed by atoms with Gasteiger partial charge in [0, 0.05) is 39.5 Å². The highest BCUT2D eigenvalue weighted by molar-refractivity contribution is 5.79. The molecule has 0 heterocycles. The Morgan fingerprint density at radius 3 is 1.95 bits per heavy atom. The summed E-state index contributed by atoms with van der Waals surface area (Å²) < 4.78 is 0. The van der Waals surface area contributed by atoms with Gasteiger partial charge in [-0.15, -0.1) is 0 Å². The SMILES string of the molecule is CCN(CC)C(=O)CCCC(=O)N(C)CCC(=O)O. The molecule has 0 aliphatic rings. The van der Waals surface area contributed by atoms with Gasteiger partial charge in [0.05, 0.1) is 6.42 Å². The van der Waals surface area contributed by atoms with Crippen molar-refractivity contribution in [1.82, 2.24) is 9.80 Å². The van der Waals surface area contributed by atoms with Crippen LogP contribution in [0.25, 0.3) is 0 Å². The van der Waals surface area contributed by atoms with E-state index >= 15 is 0 Å². The zero-order valence-corrected chi connectivity index (χ0v) is 12.0. The Labute approximate surface area is 114 Å². The van der Waals surface area contributed by atoms with Gasteiger partial charge in [0.15, 0.2) is 0 Å². The fraction of sp³-hybridized carbons (Fsp3) is 0.769. The molecule has 0 aromatic carbocycles. The molecule has 110 valence electrons. The lowest BCUT2D eigenvalue weighted by Gasteiger charge is -2.19. The molecule has 0 aromatic heterocycles. The van der Waals surface area contributed by atoms with Crippen molar-refractivity contribution in [2.45, 2.75) is 39.5 Å². The quantitative estimate of drug-likeness (QED) is 0.678. The first-order valence-electron chi connectivity index (χ1n) is 6.65. The van der Waals surface area contributed by atoms with Crippen molar-refractivity contribution in [3.63, 3.8) is 0 Å². The molecule has 2 amide bonds. The lowest BCUT2D eigenvalue weighted by molar-refractivity contribution is -0.138. The molecule has 0 fully saturated rings. The van der Waals surface area contributed by atoms with E-state index in [1.165, 1.54) is 4.90 Å². The molecular formula is C13H24N2O4. The van der Waals surface area contributed by atoms with Crippen molar-refractivity contribution >= 4 is 17.8 Å². The van der Waals surface area contributed by atoms with Crippen molar-refractivity contribution in [2.75, 3.05) is 26.7 Å². The average Bonchev–Trinajstić information content (AvgIpc) is 2.37. The number of nitrogens with zero attached hydrogens (tertiary/aromatic N) is 2. The third-order valence-electron chi connectivity index (χ3n) is 2.98. The Morgan fingerprint density at radius 1 is 0.947 bits per heavy atom. The third-order valence-corrected chi connectivity index (χ3v) is 2.98. The fourth-order valence-corrected chi connectivity index (χ4v) is 1.70. The van der Waals surface area contributed by atoms with Crippen LogP contribution < -0.4 is 0 Å². The zero-order chi connectivity index (χ0) is 14.8. The molecule has 0 rings (SSSR count). The minimum absolute atomic E-state index is 0.0549. The number of rotatable bonds is 9. The Morgan fingerprint density at radius 2 is 1.47 bits per heavy atom. The molecule has 19 heavy (non-hydrogen) atoms. The van der Waals surface area contributed by atoms with Crippen LogP contribution in [0.5, 0.6) is 0 Å². The second-order valence-electron chi connectivity index (χ2n) is 4.38. The number of carboxylic acids is 1. The van der Waals surface area contributed by atoms with E-state index in [1.807, 2.05) is 13.8 Å². The maximum Gasteiger partial charge on any atom is 0.305 e. The molecule has 0 aliphatic carbocycles. The summed E-state index contributed by atoms with van der Waals surface area (Å²) in [4.78, 5) is 36.9. The first kappa shape index (κ1) is 17.4. The lowest BCUT2D eigenvalue weighted by atomic mass is 10.2. The van der Waals surface area contributed by atoms with Crippen molar-refractivity contribution in [2.24, 2.45) is 0 Å². The van der Waals surface area contributed by atoms with E-state index in [9.17, 15) is 14.4 Å². The van der Waals surface area contributed by atoms with E-state index in [0.717, 1.165) is 0 Å². The molecule has 1 N–H and O–H groups in total. The van der Waals surface area contributed by atoms with Crippen LogP contribution in [0.15, 0.2) is 0 Å². The van der Waals surface area contributed by atoms with E-state index in [0.29, 0.717) is 25.9 Å². The van der Waals surface area contributed by atoms with Gasteiger partial charge in [-0.3, -0.25) is 14.4 Å². The number of carbonyl (C=O) groups is 3. The van der Waals surface area contributed by atoms with Crippen LogP contribution in [0.2, 0.25) is 0 Å². The molecule has 6 heteroatoms. The molecule has 0 radical (unpaired) electrons. The minimum atomic E-state index is -0.920. The molecule has 0 spiro atoms. The lowest BCUT2D eigenvalue weighted by Crippen LogP contribution is -2.31. The highest BCUT2D eigenvalue weighted by Gasteiger charge is 2.13. The first-order chi connectivity index (χ1) is 8.92. The second-order valence-corrected chi connectivity index (χ2v) is 4.38. The number of amides is 2. The van der Waals surface area contributed by atoms with E-state index < -0.39 is 5.97 Å². The van der Waals surface area contributed by atoms with Gasteiger partial charge in [0.25, 0.3) is 0 Å².